The number of ether oxygens (including phenoxy) is 2. The molecule has 0 N–H and O–H groups in total. The van der Waals surface area contributed by atoms with Crippen molar-refractivity contribution in [1.29, 1.82) is 0 Å². The topological polar surface area (TPSA) is 90.6 Å². The molecule has 2 fully saturated rings. The SMILES string of the molecule is CC(=O)[C@@H]1C[C@H](Oc2ncc(Br)cc2[C@@]2(F)CCOC[C@@H]2C)CN1c1nc(C(F)F)nc2c1oc1ccccc12. The molecule has 5 heterocycles. The Labute approximate surface area is 236 Å². The number of furan rings is 1. The third-order valence-electron chi connectivity index (χ3n) is 7.72. The van der Waals surface area contributed by atoms with Gasteiger partial charge < -0.3 is 18.8 Å². The van der Waals surface area contributed by atoms with E-state index in [-0.39, 0.29) is 61.2 Å². The zero-order valence-corrected chi connectivity index (χ0v) is 23.3. The molecule has 40 heavy (non-hydrogen) atoms. The smallest absolute Gasteiger partial charge is 0.297 e. The minimum Gasteiger partial charge on any atom is -0.472 e. The van der Waals surface area contributed by atoms with Gasteiger partial charge in [0.2, 0.25) is 5.88 Å². The van der Waals surface area contributed by atoms with Crippen LogP contribution in [0.1, 0.15) is 44.5 Å². The summed E-state index contributed by atoms with van der Waals surface area (Å²) >= 11 is 3.39. The number of ketones is 1. The Bertz CT molecular complexity index is 1600. The lowest BCUT2D eigenvalue weighted by atomic mass is 9.81. The molecule has 2 aliphatic heterocycles. The number of rotatable bonds is 6. The highest BCUT2D eigenvalue weighted by Gasteiger charge is 2.45. The molecule has 3 aromatic heterocycles. The van der Waals surface area contributed by atoms with E-state index in [0.717, 1.165) is 0 Å². The lowest BCUT2D eigenvalue weighted by Crippen LogP contribution is -2.38. The fourth-order valence-corrected chi connectivity index (χ4v) is 5.95. The van der Waals surface area contributed by atoms with Crippen LogP contribution in [0.25, 0.3) is 22.1 Å². The van der Waals surface area contributed by atoms with Crippen molar-refractivity contribution in [1.82, 2.24) is 15.0 Å². The zero-order chi connectivity index (χ0) is 28.2. The molecule has 2 aliphatic rings. The van der Waals surface area contributed by atoms with Crippen LogP contribution in [0.15, 0.2) is 45.4 Å². The van der Waals surface area contributed by atoms with Crippen LogP contribution in [-0.4, -0.2) is 52.6 Å². The minimum atomic E-state index is -2.93. The van der Waals surface area contributed by atoms with Gasteiger partial charge in [0.1, 0.15) is 22.9 Å². The number of fused-ring (bicyclic) bond motifs is 3. The summed E-state index contributed by atoms with van der Waals surface area (Å²) in [6.07, 6.45) is -1.64. The Kier molecular flexibility index (Phi) is 6.94. The number of hydrogen-bond donors (Lipinski definition) is 0. The van der Waals surface area contributed by atoms with Crippen molar-refractivity contribution in [3.05, 3.63) is 52.4 Å². The fraction of sp³-hybridized carbons (Fsp3) is 0.429. The summed E-state index contributed by atoms with van der Waals surface area (Å²) in [6, 6.07) is 7.91. The third kappa shape index (κ3) is 4.60. The molecule has 12 heteroatoms. The van der Waals surface area contributed by atoms with E-state index in [0.29, 0.717) is 21.0 Å². The first-order valence-corrected chi connectivity index (χ1v) is 13.8. The Hall–Kier alpha value is -3.25. The molecule has 0 bridgehead atoms. The Morgan fingerprint density at radius 2 is 2.08 bits per heavy atom. The van der Waals surface area contributed by atoms with E-state index < -0.39 is 36.0 Å². The van der Waals surface area contributed by atoms with Crippen molar-refractivity contribution in [3.8, 4) is 5.88 Å². The molecule has 0 radical (unpaired) electrons. The number of halogens is 4. The molecule has 0 aliphatic carbocycles. The average Bonchev–Trinajstić information content (AvgIpc) is 3.52. The van der Waals surface area contributed by atoms with Gasteiger partial charge in [0.05, 0.1) is 24.8 Å². The number of benzene rings is 1. The number of aromatic nitrogens is 3. The van der Waals surface area contributed by atoms with Gasteiger partial charge in [-0.25, -0.2) is 28.1 Å². The summed E-state index contributed by atoms with van der Waals surface area (Å²) < 4.78 is 62.5. The number of Topliss-reactive ketones (excluding diaryl/α,β-unsaturated/α-hetero) is 1. The highest BCUT2D eigenvalue weighted by atomic mass is 79.9. The number of para-hydroxylation sites is 1. The van der Waals surface area contributed by atoms with Crippen molar-refractivity contribution < 1.29 is 31.9 Å². The molecule has 4 atom stereocenters. The van der Waals surface area contributed by atoms with E-state index in [9.17, 15) is 13.6 Å². The molecule has 210 valence electrons. The second-order valence-electron chi connectivity index (χ2n) is 10.3. The summed E-state index contributed by atoms with van der Waals surface area (Å²) in [7, 11) is 0. The Morgan fingerprint density at radius 3 is 2.83 bits per heavy atom. The van der Waals surface area contributed by atoms with Crippen LogP contribution >= 0.6 is 15.9 Å². The normalized spacial score (nSPS) is 25.3. The molecular formula is C28H26BrF3N4O4. The Balaban J connectivity index is 1.39. The van der Waals surface area contributed by atoms with Crippen molar-refractivity contribution in [2.45, 2.75) is 50.9 Å². The van der Waals surface area contributed by atoms with Gasteiger partial charge in [0.15, 0.2) is 23.0 Å². The van der Waals surface area contributed by atoms with E-state index >= 15 is 4.39 Å². The average molecular weight is 619 g/mol. The van der Waals surface area contributed by atoms with Gasteiger partial charge in [-0.15, -0.1) is 0 Å². The summed E-state index contributed by atoms with van der Waals surface area (Å²) in [5.74, 6) is -1.08. The number of carbonyl (C=O) groups excluding carboxylic acids is 1. The maximum Gasteiger partial charge on any atom is 0.297 e. The van der Waals surface area contributed by atoms with Crippen molar-refractivity contribution in [3.63, 3.8) is 0 Å². The maximum absolute atomic E-state index is 16.4. The number of hydrogen-bond acceptors (Lipinski definition) is 8. The van der Waals surface area contributed by atoms with E-state index in [1.807, 2.05) is 0 Å². The first-order chi connectivity index (χ1) is 19.2. The molecule has 0 saturated carbocycles. The van der Waals surface area contributed by atoms with Crippen LogP contribution in [0.4, 0.5) is 19.0 Å². The summed E-state index contributed by atoms with van der Waals surface area (Å²) in [6.45, 7) is 3.85. The lowest BCUT2D eigenvalue weighted by molar-refractivity contribution is -0.118. The van der Waals surface area contributed by atoms with E-state index in [1.165, 1.54) is 13.1 Å². The second-order valence-corrected chi connectivity index (χ2v) is 11.2. The molecule has 2 saturated heterocycles. The van der Waals surface area contributed by atoms with E-state index in [1.54, 1.807) is 42.2 Å². The lowest BCUT2D eigenvalue weighted by Gasteiger charge is -2.36. The summed E-state index contributed by atoms with van der Waals surface area (Å²) in [5, 5.41) is 0.567. The summed E-state index contributed by atoms with van der Waals surface area (Å²) in [4.78, 5) is 27.0. The molecular weight excluding hydrogens is 593 g/mol. The van der Waals surface area contributed by atoms with Gasteiger partial charge in [-0.3, -0.25) is 4.79 Å². The number of nitrogens with zero attached hydrogens (tertiary/aromatic N) is 4. The highest BCUT2D eigenvalue weighted by molar-refractivity contribution is 9.10. The van der Waals surface area contributed by atoms with Crippen LogP contribution in [0.5, 0.6) is 5.88 Å². The van der Waals surface area contributed by atoms with E-state index in [2.05, 4.69) is 30.9 Å². The quantitative estimate of drug-likeness (QED) is 0.248. The molecule has 0 spiro atoms. The number of carbonyl (C=O) groups is 1. The minimum absolute atomic E-state index is 0.0896. The predicted octanol–water partition coefficient (Wildman–Crippen LogP) is 6.31. The first-order valence-electron chi connectivity index (χ1n) is 13.0. The Morgan fingerprint density at radius 1 is 1.27 bits per heavy atom. The number of alkyl halides is 3. The van der Waals surface area contributed by atoms with Crippen LogP contribution in [0.3, 0.4) is 0 Å². The van der Waals surface area contributed by atoms with Gasteiger partial charge >= 0.3 is 0 Å². The number of pyridine rings is 1. The van der Waals surface area contributed by atoms with Gasteiger partial charge in [-0.1, -0.05) is 19.1 Å². The molecule has 1 aromatic carbocycles. The van der Waals surface area contributed by atoms with Crippen molar-refractivity contribution in [2.24, 2.45) is 5.92 Å². The van der Waals surface area contributed by atoms with Gasteiger partial charge in [0.25, 0.3) is 6.43 Å². The highest BCUT2D eigenvalue weighted by Crippen LogP contribution is 2.45. The van der Waals surface area contributed by atoms with Crippen LogP contribution in [0.2, 0.25) is 0 Å². The molecule has 0 unspecified atom stereocenters. The molecule has 8 nitrogen and oxygen atoms in total. The van der Waals surface area contributed by atoms with E-state index in [4.69, 9.17) is 13.9 Å². The molecule has 0 amide bonds. The molecule has 6 rings (SSSR count). The summed E-state index contributed by atoms with van der Waals surface area (Å²) in [5.41, 5.74) is -0.501. The maximum atomic E-state index is 16.4. The van der Waals surface area contributed by atoms with Crippen molar-refractivity contribution >= 4 is 49.6 Å². The van der Waals surface area contributed by atoms with Crippen LogP contribution in [0, 0.1) is 5.92 Å². The standard InChI is InChI=1S/C28H26BrF3N4O4/c1-14-13-38-8-7-28(14,32)19-9-16(29)11-33-27(19)39-17-10-20(15(2)37)36(12-17)26-23-22(34-25(35-26)24(30)31)18-5-3-4-6-21(18)40-23/h3-6,9,11,14,17,20,24H,7-8,10,12-13H2,1-2H3/t14-,17-,20-,28+/m0/s1. The monoisotopic (exact) mass is 618 g/mol. The van der Waals surface area contributed by atoms with Crippen LogP contribution in [-0.2, 0) is 15.2 Å². The largest absolute Gasteiger partial charge is 0.472 e. The third-order valence-corrected chi connectivity index (χ3v) is 8.16. The van der Waals surface area contributed by atoms with Gasteiger partial charge in [-0.05, 0) is 41.1 Å². The predicted molar refractivity (Wildman–Crippen MR) is 144 cm³/mol. The molecule has 4 aromatic rings. The first kappa shape index (κ1) is 26.9. The van der Waals surface area contributed by atoms with Gasteiger partial charge in [0, 0.05) is 41.4 Å². The van der Waals surface area contributed by atoms with Gasteiger partial charge in [-0.2, -0.15) is 0 Å². The van der Waals surface area contributed by atoms with Crippen LogP contribution < -0.4 is 9.64 Å². The fourth-order valence-electron chi connectivity index (χ4n) is 5.62. The van der Waals surface area contributed by atoms with Crippen molar-refractivity contribution in [2.75, 3.05) is 24.7 Å². The zero-order valence-electron chi connectivity index (χ0n) is 21.7. The second kappa shape index (κ2) is 10.3. The number of anilines is 1.